The third-order valence-corrected chi connectivity index (χ3v) is 7.08. The molecule has 0 radical (unpaired) electrons. The van der Waals surface area contributed by atoms with Gasteiger partial charge in [-0.05, 0) is 19.1 Å². The molecule has 13 heteroatoms. The van der Waals surface area contributed by atoms with Gasteiger partial charge in [0.2, 0.25) is 5.88 Å². The first-order chi connectivity index (χ1) is 20.1. The number of hydrogen-bond donors (Lipinski definition) is 1. The standard InChI is InChI=1S/C27H26F4N6O3.C2H4/c1-16-23(17-7-8-22(40-2)32-13-17)34-25-19(14-33-37(25)24(16)27(29,30)31)26(39)36-11-9-35(10-12-36)21(15-38)18-5-3-4-6-20(18)28;1-2/h3-8,13-14,21,38H,9-12,15H2,1-2H3;1-2H2/t21-;/m1./s1. The van der Waals surface area contributed by atoms with Gasteiger partial charge >= 0.3 is 6.18 Å². The average Bonchev–Trinajstić information content (AvgIpc) is 3.41. The molecule has 9 nitrogen and oxygen atoms in total. The van der Waals surface area contributed by atoms with Crippen molar-refractivity contribution in [2.45, 2.75) is 19.1 Å². The maximum atomic E-state index is 14.4. The van der Waals surface area contributed by atoms with Gasteiger partial charge in [-0.3, -0.25) is 9.69 Å². The Balaban J connectivity index is 0.00000198. The van der Waals surface area contributed by atoms with Crippen LogP contribution in [0.4, 0.5) is 17.6 Å². The van der Waals surface area contributed by atoms with Crippen molar-refractivity contribution >= 4 is 11.6 Å². The van der Waals surface area contributed by atoms with E-state index in [4.69, 9.17) is 4.74 Å². The summed E-state index contributed by atoms with van der Waals surface area (Å²) in [6.07, 6.45) is -2.32. The molecule has 1 aliphatic rings. The summed E-state index contributed by atoms with van der Waals surface area (Å²) in [5.41, 5.74) is -0.807. The van der Waals surface area contributed by atoms with Crippen LogP contribution in [0.5, 0.6) is 5.88 Å². The first-order valence-corrected chi connectivity index (χ1v) is 13.0. The molecule has 0 saturated carbocycles. The molecule has 1 atom stereocenters. The van der Waals surface area contributed by atoms with Crippen LogP contribution >= 0.6 is 0 Å². The molecule has 0 unspecified atom stereocenters. The third kappa shape index (κ3) is 5.83. The SMILES string of the molecule is C=C.COc1ccc(-c2nc3c(C(=O)N4CCN([C@H](CO)c5ccccc5F)CC4)cnn3c(C(F)(F)F)c2C)cn1. The van der Waals surface area contributed by atoms with E-state index in [2.05, 4.69) is 28.2 Å². The lowest BCUT2D eigenvalue weighted by atomic mass is 10.0. The van der Waals surface area contributed by atoms with Gasteiger partial charge in [-0.25, -0.2) is 18.9 Å². The fourth-order valence-corrected chi connectivity index (χ4v) is 5.04. The van der Waals surface area contributed by atoms with Crippen LogP contribution in [-0.4, -0.2) is 80.3 Å². The molecule has 5 rings (SSSR count). The van der Waals surface area contributed by atoms with Crippen LogP contribution in [0.25, 0.3) is 16.9 Å². The second-order valence-electron chi connectivity index (χ2n) is 9.36. The zero-order chi connectivity index (χ0) is 30.6. The summed E-state index contributed by atoms with van der Waals surface area (Å²) in [5, 5.41) is 13.8. The van der Waals surface area contributed by atoms with Crippen molar-refractivity contribution in [3.8, 4) is 17.1 Å². The minimum absolute atomic E-state index is 0.0185. The highest BCUT2D eigenvalue weighted by Gasteiger charge is 2.39. The average molecular weight is 587 g/mol. The lowest BCUT2D eigenvalue weighted by Crippen LogP contribution is -2.50. The number of carbonyl (C=O) groups excluding carboxylic acids is 1. The molecule has 1 amide bonds. The van der Waals surface area contributed by atoms with Crippen molar-refractivity contribution < 1.29 is 32.2 Å². The van der Waals surface area contributed by atoms with Crippen molar-refractivity contribution in [1.29, 1.82) is 0 Å². The molecule has 1 saturated heterocycles. The molecule has 4 heterocycles. The largest absolute Gasteiger partial charge is 0.481 e. The van der Waals surface area contributed by atoms with Crippen LogP contribution in [0, 0.1) is 12.7 Å². The normalized spacial score (nSPS) is 14.8. The number of methoxy groups -OCH3 is 1. The van der Waals surface area contributed by atoms with Gasteiger partial charge in [0, 0.05) is 55.1 Å². The number of alkyl halides is 3. The molecular weight excluding hydrogens is 556 g/mol. The fourth-order valence-electron chi connectivity index (χ4n) is 5.04. The Morgan fingerprint density at radius 2 is 1.79 bits per heavy atom. The molecule has 0 spiro atoms. The Hall–Kier alpha value is -4.36. The molecule has 42 heavy (non-hydrogen) atoms. The number of ether oxygens (including phenoxy) is 1. The number of carbonyl (C=O) groups is 1. The highest BCUT2D eigenvalue weighted by molar-refractivity contribution is 6.00. The molecule has 0 bridgehead atoms. The molecule has 1 fully saturated rings. The van der Waals surface area contributed by atoms with Crippen molar-refractivity contribution in [3.63, 3.8) is 0 Å². The monoisotopic (exact) mass is 586 g/mol. The van der Waals surface area contributed by atoms with E-state index in [0.29, 0.717) is 28.7 Å². The van der Waals surface area contributed by atoms with Gasteiger partial charge in [0.05, 0.1) is 31.6 Å². The van der Waals surface area contributed by atoms with Gasteiger partial charge in [0.15, 0.2) is 11.3 Å². The predicted molar refractivity (Wildman–Crippen MR) is 147 cm³/mol. The summed E-state index contributed by atoms with van der Waals surface area (Å²) in [7, 11) is 1.42. The van der Waals surface area contributed by atoms with Crippen LogP contribution < -0.4 is 4.74 Å². The van der Waals surface area contributed by atoms with E-state index in [1.807, 2.05) is 4.90 Å². The number of aromatic nitrogens is 4. The lowest BCUT2D eigenvalue weighted by Gasteiger charge is -2.38. The molecule has 1 N–H and O–H groups in total. The Morgan fingerprint density at radius 1 is 1.10 bits per heavy atom. The molecule has 4 aromatic rings. The molecule has 1 aromatic carbocycles. The van der Waals surface area contributed by atoms with Gasteiger partial charge in [0.1, 0.15) is 11.4 Å². The second kappa shape index (κ2) is 12.7. The van der Waals surface area contributed by atoms with Crippen molar-refractivity contribution in [2.24, 2.45) is 0 Å². The minimum Gasteiger partial charge on any atom is -0.481 e. The topological polar surface area (TPSA) is 96.1 Å². The van der Waals surface area contributed by atoms with Crippen molar-refractivity contribution in [3.05, 3.63) is 90.2 Å². The molecule has 1 aliphatic heterocycles. The van der Waals surface area contributed by atoms with Crippen LogP contribution in [0.2, 0.25) is 0 Å². The van der Waals surface area contributed by atoms with E-state index < -0.39 is 29.6 Å². The summed E-state index contributed by atoms with van der Waals surface area (Å²) in [6.45, 7) is 8.07. The number of hydrogen-bond acceptors (Lipinski definition) is 7. The van der Waals surface area contributed by atoms with E-state index in [-0.39, 0.29) is 48.0 Å². The van der Waals surface area contributed by atoms with E-state index in [9.17, 15) is 27.5 Å². The summed E-state index contributed by atoms with van der Waals surface area (Å²) in [4.78, 5) is 25.4. The zero-order valence-electron chi connectivity index (χ0n) is 23.1. The summed E-state index contributed by atoms with van der Waals surface area (Å²) < 4.78 is 62.7. The van der Waals surface area contributed by atoms with Gasteiger partial charge in [-0.2, -0.15) is 18.3 Å². The van der Waals surface area contributed by atoms with E-state index >= 15 is 0 Å². The minimum atomic E-state index is -4.77. The first-order valence-electron chi connectivity index (χ1n) is 13.0. The smallest absolute Gasteiger partial charge is 0.433 e. The number of nitrogens with zero attached hydrogens (tertiary/aromatic N) is 6. The Bertz CT molecular complexity index is 1550. The van der Waals surface area contributed by atoms with Crippen molar-refractivity contribution in [1.82, 2.24) is 29.4 Å². The fraction of sp³-hybridized carbons (Fsp3) is 0.310. The van der Waals surface area contributed by atoms with E-state index in [1.165, 1.54) is 37.3 Å². The molecule has 0 aliphatic carbocycles. The number of rotatable bonds is 6. The Kier molecular flexibility index (Phi) is 9.22. The molecular formula is C29H30F4N6O3. The molecule has 3 aromatic heterocycles. The lowest BCUT2D eigenvalue weighted by molar-refractivity contribution is -0.143. The van der Waals surface area contributed by atoms with Gasteiger partial charge in [0.25, 0.3) is 5.91 Å². The number of amides is 1. The maximum Gasteiger partial charge on any atom is 0.433 e. The van der Waals surface area contributed by atoms with E-state index in [1.54, 1.807) is 24.3 Å². The van der Waals surface area contributed by atoms with Gasteiger partial charge < -0.3 is 14.7 Å². The Morgan fingerprint density at radius 3 is 2.36 bits per heavy atom. The van der Waals surface area contributed by atoms with Crippen molar-refractivity contribution in [2.75, 3.05) is 39.9 Å². The highest BCUT2D eigenvalue weighted by Crippen LogP contribution is 2.36. The van der Waals surface area contributed by atoms with E-state index in [0.717, 1.165) is 6.20 Å². The number of aliphatic hydroxyl groups excluding tert-OH is 1. The van der Waals surface area contributed by atoms with Crippen LogP contribution in [-0.2, 0) is 6.18 Å². The Labute approximate surface area is 239 Å². The number of aliphatic hydroxyl groups is 1. The number of pyridine rings is 1. The van der Waals surface area contributed by atoms with Crippen LogP contribution in [0.3, 0.4) is 0 Å². The number of halogens is 4. The van der Waals surface area contributed by atoms with Crippen LogP contribution in [0.15, 0.2) is 61.9 Å². The summed E-state index contributed by atoms with van der Waals surface area (Å²) >= 11 is 0. The second-order valence-corrected chi connectivity index (χ2v) is 9.36. The molecule has 222 valence electrons. The number of piperazine rings is 1. The predicted octanol–water partition coefficient (Wildman–Crippen LogP) is 4.56. The zero-order valence-corrected chi connectivity index (χ0v) is 23.1. The number of fused-ring (bicyclic) bond motifs is 1. The highest BCUT2D eigenvalue weighted by atomic mass is 19.4. The quantitative estimate of drug-likeness (QED) is 0.262. The first kappa shape index (κ1) is 30.6. The third-order valence-electron chi connectivity index (χ3n) is 7.08. The van der Waals surface area contributed by atoms with Crippen LogP contribution in [0.1, 0.15) is 33.2 Å². The van der Waals surface area contributed by atoms with Gasteiger partial charge in [-0.1, -0.05) is 18.2 Å². The maximum absolute atomic E-state index is 14.4. The van der Waals surface area contributed by atoms with Gasteiger partial charge in [-0.15, -0.1) is 13.2 Å². The summed E-state index contributed by atoms with van der Waals surface area (Å²) in [5.74, 6) is -0.670. The number of benzene rings is 1. The summed E-state index contributed by atoms with van der Waals surface area (Å²) in [6, 6.07) is 8.65.